The highest BCUT2D eigenvalue weighted by Gasteiger charge is 2.23. The minimum Gasteiger partial charge on any atom is -0.473 e. The highest BCUT2D eigenvalue weighted by Crippen LogP contribution is 2.32. The molecule has 0 unspecified atom stereocenters. The summed E-state index contributed by atoms with van der Waals surface area (Å²) >= 11 is 1.76. The number of rotatable bonds is 3. The Balaban J connectivity index is 1.45. The van der Waals surface area contributed by atoms with Crippen molar-refractivity contribution < 1.29 is 4.74 Å². The minimum absolute atomic E-state index is 0.205. The van der Waals surface area contributed by atoms with E-state index in [-0.39, 0.29) is 6.10 Å². The number of fused-ring (bicyclic) bond motifs is 1. The molecule has 3 aromatic heterocycles. The summed E-state index contributed by atoms with van der Waals surface area (Å²) in [5.74, 6) is 0.679. The molecular weight excluding hydrogens is 320 g/mol. The second kappa shape index (κ2) is 6.36. The van der Waals surface area contributed by atoms with Crippen molar-refractivity contribution in [2.45, 2.75) is 32.8 Å². The normalized spacial score (nSPS) is 15.8. The summed E-state index contributed by atoms with van der Waals surface area (Å²) in [6.45, 7) is 5.86. The Morgan fingerprint density at radius 3 is 2.83 bits per heavy atom. The van der Waals surface area contributed by atoms with Crippen LogP contribution in [-0.2, 0) is 0 Å². The summed E-state index contributed by atoms with van der Waals surface area (Å²) < 4.78 is 7.39. The third kappa shape index (κ3) is 2.94. The molecule has 5 nitrogen and oxygen atoms in total. The zero-order valence-electron chi connectivity index (χ0n) is 13.9. The van der Waals surface area contributed by atoms with Gasteiger partial charge < -0.3 is 9.64 Å². The van der Waals surface area contributed by atoms with Gasteiger partial charge in [-0.05, 0) is 31.4 Å². The van der Waals surface area contributed by atoms with E-state index in [1.54, 1.807) is 17.5 Å². The Kier molecular flexibility index (Phi) is 4.06. The lowest BCUT2D eigenvalue weighted by Gasteiger charge is -2.33. The second-order valence-corrected chi connectivity index (χ2v) is 7.09. The molecule has 24 heavy (non-hydrogen) atoms. The molecule has 0 bridgehead atoms. The lowest BCUT2D eigenvalue weighted by molar-refractivity contribution is 0.161. The number of hydrogen-bond donors (Lipinski definition) is 0. The Morgan fingerprint density at radius 1 is 1.17 bits per heavy atom. The number of piperidine rings is 1. The largest absolute Gasteiger partial charge is 0.473 e. The van der Waals surface area contributed by atoms with E-state index < -0.39 is 0 Å². The summed E-state index contributed by atoms with van der Waals surface area (Å²) in [6.07, 6.45) is 5.87. The maximum atomic E-state index is 6.11. The number of aryl methyl sites for hydroxylation is 2. The van der Waals surface area contributed by atoms with Gasteiger partial charge in [-0.15, -0.1) is 11.3 Å². The van der Waals surface area contributed by atoms with Crippen molar-refractivity contribution in [2.75, 3.05) is 18.0 Å². The van der Waals surface area contributed by atoms with Gasteiger partial charge in [0.25, 0.3) is 0 Å². The fraction of sp³-hybridized carbons (Fsp3) is 0.389. The predicted octanol–water partition coefficient (Wildman–Crippen LogP) is 3.75. The molecule has 1 saturated heterocycles. The molecule has 1 fully saturated rings. The standard InChI is InChI=1S/C18H20N4OS/c1-12-11-20-13(2)18(21-12)23-14-4-8-22(9-5-14)16-3-7-19-15-6-10-24-17(15)16/h3,6-7,10-11,14H,4-5,8-9H2,1-2H3. The number of nitrogens with zero attached hydrogens (tertiary/aromatic N) is 4. The van der Waals surface area contributed by atoms with E-state index in [0.717, 1.165) is 42.8 Å². The van der Waals surface area contributed by atoms with Crippen LogP contribution in [0, 0.1) is 13.8 Å². The first-order valence-corrected chi connectivity index (χ1v) is 9.13. The van der Waals surface area contributed by atoms with Gasteiger partial charge >= 0.3 is 0 Å². The fourth-order valence-electron chi connectivity index (χ4n) is 3.11. The topological polar surface area (TPSA) is 51.1 Å². The summed E-state index contributed by atoms with van der Waals surface area (Å²) in [4.78, 5) is 15.7. The van der Waals surface area contributed by atoms with Crippen LogP contribution in [-0.4, -0.2) is 34.1 Å². The zero-order chi connectivity index (χ0) is 16.5. The molecule has 1 aliphatic rings. The van der Waals surface area contributed by atoms with E-state index in [9.17, 15) is 0 Å². The van der Waals surface area contributed by atoms with Crippen molar-refractivity contribution in [3.63, 3.8) is 0 Å². The first-order chi connectivity index (χ1) is 11.7. The van der Waals surface area contributed by atoms with Gasteiger partial charge in [0, 0.05) is 38.3 Å². The van der Waals surface area contributed by atoms with Gasteiger partial charge in [0.15, 0.2) is 0 Å². The van der Waals surface area contributed by atoms with Crippen molar-refractivity contribution >= 4 is 27.2 Å². The molecule has 1 aliphatic heterocycles. The number of anilines is 1. The SMILES string of the molecule is Cc1cnc(C)c(OC2CCN(c3ccnc4ccsc34)CC2)n1. The highest BCUT2D eigenvalue weighted by atomic mass is 32.1. The fourth-order valence-corrected chi connectivity index (χ4v) is 4.00. The van der Waals surface area contributed by atoms with Gasteiger partial charge in [-0.2, -0.15) is 0 Å². The van der Waals surface area contributed by atoms with Crippen LogP contribution in [0.3, 0.4) is 0 Å². The monoisotopic (exact) mass is 340 g/mol. The Bertz CT molecular complexity index is 855. The maximum Gasteiger partial charge on any atom is 0.235 e. The lowest BCUT2D eigenvalue weighted by Crippen LogP contribution is -2.38. The molecule has 0 aliphatic carbocycles. The van der Waals surface area contributed by atoms with Crippen molar-refractivity contribution in [3.8, 4) is 5.88 Å². The van der Waals surface area contributed by atoms with Crippen LogP contribution in [0.1, 0.15) is 24.2 Å². The minimum atomic E-state index is 0.205. The molecule has 124 valence electrons. The predicted molar refractivity (Wildman–Crippen MR) is 97.0 cm³/mol. The third-order valence-corrected chi connectivity index (χ3v) is 5.34. The molecule has 0 saturated carbocycles. The summed E-state index contributed by atoms with van der Waals surface area (Å²) in [7, 11) is 0. The Labute approximate surface area is 145 Å². The lowest BCUT2D eigenvalue weighted by atomic mass is 10.1. The molecule has 6 heteroatoms. The van der Waals surface area contributed by atoms with E-state index in [1.165, 1.54) is 10.4 Å². The molecule has 3 aromatic rings. The summed E-state index contributed by atoms with van der Waals surface area (Å²) in [5, 5.41) is 2.11. The molecule has 4 rings (SSSR count). The highest BCUT2D eigenvalue weighted by molar-refractivity contribution is 7.17. The van der Waals surface area contributed by atoms with Gasteiger partial charge in [0.1, 0.15) is 6.10 Å². The van der Waals surface area contributed by atoms with Gasteiger partial charge in [0.2, 0.25) is 5.88 Å². The number of pyridine rings is 1. The van der Waals surface area contributed by atoms with Gasteiger partial charge in [-0.1, -0.05) is 0 Å². The van der Waals surface area contributed by atoms with Gasteiger partial charge in [-0.3, -0.25) is 9.97 Å². The number of aromatic nitrogens is 3. The summed E-state index contributed by atoms with van der Waals surface area (Å²) in [5.41, 5.74) is 4.13. The molecule has 0 radical (unpaired) electrons. The molecule has 4 heterocycles. The van der Waals surface area contributed by atoms with Crippen molar-refractivity contribution in [2.24, 2.45) is 0 Å². The number of hydrogen-bond acceptors (Lipinski definition) is 6. The van der Waals surface area contributed by atoms with Crippen LogP contribution in [0.25, 0.3) is 10.2 Å². The van der Waals surface area contributed by atoms with Crippen LogP contribution < -0.4 is 9.64 Å². The summed E-state index contributed by atoms with van der Waals surface area (Å²) in [6, 6.07) is 4.20. The molecule has 0 amide bonds. The van der Waals surface area contributed by atoms with E-state index >= 15 is 0 Å². The maximum absolute atomic E-state index is 6.11. The molecular formula is C18H20N4OS. The van der Waals surface area contributed by atoms with Crippen molar-refractivity contribution in [1.29, 1.82) is 0 Å². The van der Waals surface area contributed by atoms with E-state index in [0.29, 0.717) is 5.88 Å². The number of thiophene rings is 1. The Hall–Kier alpha value is -2.21. The van der Waals surface area contributed by atoms with Crippen molar-refractivity contribution in [1.82, 2.24) is 15.0 Å². The molecule has 0 atom stereocenters. The second-order valence-electron chi connectivity index (χ2n) is 6.17. The van der Waals surface area contributed by atoms with Crippen LogP contribution in [0.4, 0.5) is 5.69 Å². The van der Waals surface area contributed by atoms with Gasteiger partial charge in [0.05, 0.1) is 27.3 Å². The van der Waals surface area contributed by atoms with E-state index in [2.05, 4.69) is 37.4 Å². The van der Waals surface area contributed by atoms with Crippen LogP contribution in [0.15, 0.2) is 29.9 Å². The van der Waals surface area contributed by atoms with E-state index in [1.807, 2.05) is 20.0 Å². The smallest absolute Gasteiger partial charge is 0.235 e. The number of ether oxygens (including phenoxy) is 1. The van der Waals surface area contributed by atoms with Crippen LogP contribution >= 0.6 is 11.3 Å². The Morgan fingerprint density at radius 2 is 2.00 bits per heavy atom. The average Bonchev–Trinajstić information content (AvgIpc) is 3.08. The van der Waals surface area contributed by atoms with Crippen LogP contribution in [0.2, 0.25) is 0 Å². The van der Waals surface area contributed by atoms with Gasteiger partial charge in [-0.25, -0.2) is 4.98 Å². The molecule has 0 spiro atoms. The quantitative estimate of drug-likeness (QED) is 0.727. The first-order valence-electron chi connectivity index (χ1n) is 8.25. The zero-order valence-corrected chi connectivity index (χ0v) is 14.7. The van der Waals surface area contributed by atoms with E-state index in [4.69, 9.17) is 4.74 Å². The average molecular weight is 340 g/mol. The van der Waals surface area contributed by atoms with Crippen molar-refractivity contribution in [3.05, 3.63) is 41.3 Å². The molecule has 0 N–H and O–H groups in total. The molecule has 0 aromatic carbocycles. The van der Waals surface area contributed by atoms with Crippen LogP contribution in [0.5, 0.6) is 5.88 Å². The first kappa shape index (κ1) is 15.3. The third-order valence-electron chi connectivity index (χ3n) is 4.42.